The number of carbonyl (C=O) groups excluding carboxylic acids is 1. The number of amides is 1. The van der Waals surface area contributed by atoms with Crippen molar-refractivity contribution in [1.29, 1.82) is 0 Å². The van der Waals surface area contributed by atoms with Crippen LogP contribution in [0.4, 0.5) is 4.39 Å². The van der Waals surface area contributed by atoms with E-state index in [0.717, 1.165) is 28.1 Å². The van der Waals surface area contributed by atoms with Gasteiger partial charge in [0.15, 0.2) is 0 Å². The summed E-state index contributed by atoms with van der Waals surface area (Å²) < 4.78 is 16.2. The lowest BCUT2D eigenvalue weighted by Crippen LogP contribution is -2.24. The number of carbonyl (C=O) groups is 1. The molecule has 0 bridgehead atoms. The van der Waals surface area contributed by atoms with Crippen LogP contribution in [0.25, 0.3) is 22.4 Å². The van der Waals surface area contributed by atoms with Gasteiger partial charge in [0.1, 0.15) is 5.82 Å². The number of aromatic nitrogens is 1. The lowest BCUT2D eigenvalue weighted by molar-refractivity contribution is 0.0966. The van der Waals surface area contributed by atoms with Gasteiger partial charge < -0.3 is 15.0 Å². The highest BCUT2D eigenvalue weighted by Gasteiger charge is 2.30. The molecule has 2 N–H and O–H groups in total. The molecule has 1 amide bonds. The van der Waals surface area contributed by atoms with Crippen LogP contribution in [0, 0.1) is 11.7 Å². The summed E-state index contributed by atoms with van der Waals surface area (Å²) in [5.74, 6) is -0.182. The van der Waals surface area contributed by atoms with Gasteiger partial charge in [-0.25, -0.2) is 4.39 Å². The number of rotatable bonds is 12. The van der Waals surface area contributed by atoms with E-state index in [9.17, 15) is 14.3 Å². The summed E-state index contributed by atoms with van der Waals surface area (Å²) in [4.78, 5) is 14.1. The van der Waals surface area contributed by atoms with Crippen molar-refractivity contribution in [1.82, 2.24) is 9.88 Å². The molecule has 0 aliphatic carbocycles. The Morgan fingerprint density at radius 2 is 1.72 bits per heavy atom. The lowest BCUT2D eigenvalue weighted by Gasteiger charge is -2.20. The number of allylic oxidation sites excluding steroid dienone is 4. The third kappa shape index (κ3) is 7.45. The summed E-state index contributed by atoms with van der Waals surface area (Å²) in [6.07, 6.45) is 7.86. The number of halogens is 1. The molecule has 0 radical (unpaired) electrons. The van der Waals surface area contributed by atoms with E-state index in [0.29, 0.717) is 36.6 Å². The highest BCUT2D eigenvalue weighted by molar-refractivity contribution is 6.07. The second-order valence-electron chi connectivity index (χ2n) is 10.5. The molecule has 3 rings (SSSR count). The molecule has 1 aromatic heterocycles. The van der Waals surface area contributed by atoms with Gasteiger partial charge in [-0.2, -0.15) is 0 Å². The first-order valence-electron chi connectivity index (χ1n) is 13.7. The number of hydrogen-bond acceptors (Lipinski definition) is 2. The monoisotopic (exact) mass is 528 g/mol. The van der Waals surface area contributed by atoms with Crippen LogP contribution in [0.5, 0.6) is 0 Å². The average molecular weight is 529 g/mol. The van der Waals surface area contributed by atoms with Crippen molar-refractivity contribution in [2.75, 3.05) is 0 Å². The molecular weight excluding hydrogens is 487 g/mol. The largest absolute Gasteiger partial charge is 0.393 e. The molecule has 4 nitrogen and oxygen atoms in total. The summed E-state index contributed by atoms with van der Waals surface area (Å²) in [7, 11) is 0. The van der Waals surface area contributed by atoms with E-state index in [1.165, 1.54) is 12.1 Å². The number of nitrogens with zero attached hydrogens (tertiary/aromatic N) is 1. The van der Waals surface area contributed by atoms with E-state index in [1.807, 2.05) is 49.4 Å². The fourth-order valence-corrected chi connectivity index (χ4v) is 5.07. The van der Waals surface area contributed by atoms with Gasteiger partial charge in [-0.3, -0.25) is 4.79 Å². The van der Waals surface area contributed by atoms with Crippen LogP contribution < -0.4 is 5.32 Å². The summed E-state index contributed by atoms with van der Waals surface area (Å²) in [6, 6.07) is 16.2. The maximum atomic E-state index is 14.1. The van der Waals surface area contributed by atoms with Crippen molar-refractivity contribution in [2.45, 2.75) is 66.0 Å². The topological polar surface area (TPSA) is 54.3 Å². The Kier molecular flexibility index (Phi) is 10.6. The quantitative estimate of drug-likeness (QED) is 0.233. The first kappa shape index (κ1) is 29.9. The molecule has 0 unspecified atom stereocenters. The van der Waals surface area contributed by atoms with Crippen LogP contribution in [0.15, 0.2) is 91.2 Å². The molecule has 206 valence electrons. The molecule has 0 saturated carbocycles. The predicted octanol–water partition coefficient (Wildman–Crippen LogP) is 8.26. The maximum absolute atomic E-state index is 14.1. The lowest BCUT2D eigenvalue weighted by atomic mass is 9.94. The number of aliphatic hydroxyl groups excluding tert-OH is 1. The van der Waals surface area contributed by atoms with E-state index >= 15 is 0 Å². The molecule has 0 aliphatic rings. The Morgan fingerprint density at radius 1 is 1.05 bits per heavy atom. The SMILES string of the molecule is C=C/C=C(\C=C/C)NC(=O)c1c(-c2ccccc2)c(-c2ccc(F)cc2)n(CC[C@@H](O)CC(C)C)c1C(C)C. The third-order valence-corrected chi connectivity index (χ3v) is 6.59. The standard InChI is InChI=1S/C34H41FN2O2/c1-7-12-28(13-8-2)36-34(39)31-30(25-14-10-9-11-15-25)33(26-16-18-27(35)19-17-26)37(32(31)24(5)6)21-20-29(38)22-23(3)4/h7-19,23-24,29,38H,1,20-22H2,2-6H3,(H,36,39)/b13-8-,28-12+/t29-/m1/s1. The first-order valence-corrected chi connectivity index (χ1v) is 13.7. The fourth-order valence-electron chi connectivity index (χ4n) is 5.07. The van der Waals surface area contributed by atoms with Crippen LogP contribution in [0.2, 0.25) is 0 Å². The minimum Gasteiger partial charge on any atom is -0.393 e. The summed E-state index contributed by atoms with van der Waals surface area (Å²) >= 11 is 0. The zero-order chi connectivity index (χ0) is 28.5. The smallest absolute Gasteiger partial charge is 0.258 e. The van der Waals surface area contributed by atoms with Crippen molar-refractivity contribution < 1.29 is 14.3 Å². The molecule has 39 heavy (non-hydrogen) atoms. The molecule has 1 heterocycles. The normalized spacial score (nSPS) is 12.9. The second-order valence-corrected chi connectivity index (χ2v) is 10.5. The van der Waals surface area contributed by atoms with Gasteiger partial charge in [0, 0.05) is 23.5 Å². The number of hydrogen-bond donors (Lipinski definition) is 2. The Hall–Kier alpha value is -3.70. The van der Waals surface area contributed by atoms with E-state index in [2.05, 4.69) is 44.2 Å². The third-order valence-electron chi connectivity index (χ3n) is 6.59. The summed E-state index contributed by atoms with van der Waals surface area (Å²) in [5.41, 5.74) is 5.42. The Labute approximate surface area is 232 Å². The second kappa shape index (κ2) is 13.9. The molecule has 0 saturated heterocycles. The fraction of sp³-hybridized carbons (Fsp3) is 0.324. The van der Waals surface area contributed by atoms with Crippen molar-refractivity contribution in [3.8, 4) is 22.4 Å². The number of benzene rings is 2. The Morgan fingerprint density at radius 3 is 2.28 bits per heavy atom. The zero-order valence-electron chi connectivity index (χ0n) is 23.7. The van der Waals surface area contributed by atoms with Gasteiger partial charge in [-0.15, -0.1) is 0 Å². The van der Waals surface area contributed by atoms with Crippen molar-refractivity contribution in [3.05, 3.63) is 108 Å². The van der Waals surface area contributed by atoms with E-state index in [1.54, 1.807) is 24.3 Å². The molecule has 0 spiro atoms. The number of nitrogens with one attached hydrogen (secondary N) is 1. The van der Waals surface area contributed by atoms with Crippen LogP contribution in [-0.2, 0) is 6.54 Å². The van der Waals surface area contributed by atoms with Gasteiger partial charge in [0.2, 0.25) is 0 Å². The van der Waals surface area contributed by atoms with Gasteiger partial charge >= 0.3 is 0 Å². The highest BCUT2D eigenvalue weighted by Crippen LogP contribution is 2.42. The zero-order valence-corrected chi connectivity index (χ0v) is 23.7. The molecule has 0 fully saturated rings. The van der Waals surface area contributed by atoms with Crippen LogP contribution in [-0.4, -0.2) is 21.7 Å². The van der Waals surface area contributed by atoms with Crippen molar-refractivity contribution in [2.24, 2.45) is 5.92 Å². The van der Waals surface area contributed by atoms with Gasteiger partial charge in [0.05, 0.1) is 17.4 Å². The maximum Gasteiger partial charge on any atom is 0.258 e. The summed E-state index contributed by atoms with van der Waals surface area (Å²) in [5, 5.41) is 13.9. The van der Waals surface area contributed by atoms with Crippen LogP contribution in [0.1, 0.15) is 69.4 Å². The van der Waals surface area contributed by atoms with Gasteiger partial charge in [-0.1, -0.05) is 76.8 Å². The van der Waals surface area contributed by atoms with E-state index in [4.69, 9.17) is 0 Å². The van der Waals surface area contributed by atoms with E-state index in [-0.39, 0.29) is 17.6 Å². The Balaban J connectivity index is 2.35. The van der Waals surface area contributed by atoms with Gasteiger partial charge in [0.25, 0.3) is 5.91 Å². The molecule has 5 heteroatoms. The molecule has 1 atom stereocenters. The predicted molar refractivity (Wildman–Crippen MR) is 160 cm³/mol. The highest BCUT2D eigenvalue weighted by atomic mass is 19.1. The van der Waals surface area contributed by atoms with Crippen molar-refractivity contribution >= 4 is 5.91 Å². The van der Waals surface area contributed by atoms with Crippen molar-refractivity contribution in [3.63, 3.8) is 0 Å². The number of aliphatic hydroxyl groups is 1. The Bertz CT molecular complexity index is 1320. The average Bonchev–Trinajstić information content (AvgIpc) is 3.24. The minimum atomic E-state index is -0.470. The first-order chi connectivity index (χ1) is 18.7. The molecule has 0 aliphatic heterocycles. The minimum absolute atomic E-state index is 0.00166. The van der Waals surface area contributed by atoms with Gasteiger partial charge in [-0.05, 0) is 79.1 Å². The molecule has 2 aromatic carbocycles. The molecular formula is C34H41FN2O2. The van der Waals surface area contributed by atoms with Crippen LogP contribution >= 0.6 is 0 Å². The summed E-state index contributed by atoms with van der Waals surface area (Å²) in [6.45, 7) is 14.5. The van der Waals surface area contributed by atoms with E-state index < -0.39 is 6.10 Å². The van der Waals surface area contributed by atoms with Crippen LogP contribution in [0.3, 0.4) is 0 Å². The molecule has 3 aromatic rings.